The highest BCUT2D eigenvalue weighted by molar-refractivity contribution is 7.80. The number of nitrogens with two attached hydrogens (primary N) is 1. The minimum absolute atomic E-state index is 0.343. The average molecular weight is 212 g/mol. The van der Waals surface area contributed by atoms with Crippen molar-refractivity contribution in [1.82, 2.24) is 10.4 Å². The summed E-state index contributed by atoms with van der Waals surface area (Å²) >= 11 is 4.82. The van der Waals surface area contributed by atoms with Gasteiger partial charge >= 0.3 is 0 Å². The summed E-state index contributed by atoms with van der Waals surface area (Å²) in [6.07, 6.45) is 1.62. The summed E-state index contributed by atoms with van der Waals surface area (Å²) in [7, 11) is 0. The van der Waals surface area contributed by atoms with E-state index in [1.807, 2.05) is 13.0 Å². The maximum atomic E-state index is 5.18. The van der Waals surface area contributed by atoms with Gasteiger partial charge in [0.1, 0.15) is 0 Å². The van der Waals surface area contributed by atoms with Crippen LogP contribution in [-0.4, -0.2) is 16.7 Å². The second-order valence-electron chi connectivity index (χ2n) is 2.42. The van der Waals surface area contributed by atoms with Crippen LogP contribution < -0.4 is 21.3 Å². The molecule has 0 saturated carbocycles. The van der Waals surface area contributed by atoms with Gasteiger partial charge in [-0.2, -0.15) is 0 Å². The van der Waals surface area contributed by atoms with Crippen LogP contribution in [0.5, 0.6) is 5.88 Å². The third-order valence-electron chi connectivity index (χ3n) is 1.42. The molecule has 4 N–H and O–H groups in total. The predicted octanol–water partition coefficient (Wildman–Crippen LogP) is 0.640. The molecule has 1 aromatic heterocycles. The van der Waals surface area contributed by atoms with Gasteiger partial charge in [0.25, 0.3) is 0 Å². The summed E-state index contributed by atoms with van der Waals surface area (Å²) in [5.41, 5.74) is 3.08. The van der Waals surface area contributed by atoms with Crippen molar-refractivity contribution in [3.63, 3.8) is 0 Å². The summed E-state index contributed by atoms with van der Waals surface area (Å²) in [4.78, 5) is 4.04. The lowest BCUT2D eigenvalue weighted by atomic mass is 10.4. The zero-order valence-corrected chi connectivity index (χ0v) is 8.60. The van der Waals surface area contributed by atoms with Gasteiger partial charge in [0, 0.05) is 6.07 Å². The van der Waals surface area contributed by atoms with Crippen LogP contribution in [0, 0.1) is 0 Å². The summed E-state index contributed by atoms with van der Waals surface area (Å²) < 4.78 is 5.18. The van der Waals surface area contributed by atoms with Gasteiger partial charge in [-0.3, -0.25) is 0 Å². The molecular formula is C8H12N4OS. The van der Waals surface area contributed by atoms with Crippen molar-refractivity contribution in [2.75, 3.05) is 11.9 Å². The van der Waals surface area contributed by atoms with E-state index in [1.165, 1.54) is 0 Å². The fourth-order valence-corrected chi connectivity index (χ4v) is 0.973. The van der Waals surface area contributed by atoms with Gasteiger partial charge in [0.15, 0.2) is 5.11 Å². The first-order chi connectivity index (χ1) is 6.76. The topological polar surface area (TPSA) is 72.2 Å². The highest BCUT2D eigenvalue weighted by Gasteiger charge is 1.97. The zero-order valence-electron chi connectivity index (χ0n) is 7.78. The molecule has 0 aliphatic rings. The number of anilines is 1. The number of ether oxygens (including phenoxy) is 1. The number of nitrogens with one attached hydrogen (secondary N) is 2. The van der Waals surface area contributed by atoms with Crippen molar-refractivity contribution in [3.8, 4) is 5.88 Å². The van der Waals surface area contributed by atoms with Crippen LogP contribution in [0.3, 0.4) is 0 Å². The molecular weight excluding hydrogens is 200 g/mol. The molecule has 0 bridgehead atoms. The van der Waals surface area contributed by atoms with Crippen molar-refractivity contribution in [2.45, 2.75) is 6.92 Å². The first-order valence-electron chi connectivity index (χ1n) is 4.12. The van der Waals surface area contributed by atoms with Crippen molar-refractivity contribution in [3.05, 3.63) is 18.3 Å². The summed E-state index contributed by atoms with van der Waals surface area (Å²) in [6.45, 7) is 2.50. The Morgan fingerprint density at radius 3 is 2.93 bits per heavy atom. The van der Waals surface area contributed by atoms with Crippen LogP contribution in [0.25, 0.3) is 0 Å². The molecule has 5 nitrogen and oxygen atoms in total. The number of aromatic nitrogens is 1. The van der Waals surface area contributed by atoms with E-state index in [2.05, 4.69) is 15.7 Å². The molecule has 0 fully saturated rings. The van der Waals surface area contributed by atoms with E-state index in [0.29, 0.717) is 17.6 Å². The Bertz CT molecular complexity index is 301. The number of hydrazine groups is 1. The quantitative estimate of drug-likeness (QED) is 0.388. The smallest absolute Gasteiger partial charge is 0.213 e. The van der Waals surface area contributed by atoms with Crippen LogP contribution in [0.15, 0.2) is 18.3 Å². The molecule has 1 aromatic rings. The first-order valence-corrected chi connectivity index (χ1v) is 4.53. The maximum absolute atomic E-state index is 5.18. The van der Waals surface area contributed by atoms with Crippen molar-refractivity contribution in [1.29, 1.82) is 0 Å². The number of nitrogens with zero attached hydrogens (tertiary/aromatic N) is 1. The highest BCUT2D eigenvalue weighted by Crippen LogP contribution is 2.10. The molecule has 0 amide bonds. The molecule has 0 unspecified atom stereocenters. The van der Waals surface area contributed by atoms with Crippen LogP contribution >= 0.6 is 12.2 Å². The Hall–Kier alpha value is -1.40. The molecule has 0 aromatic carbocycles. The lowest BCUT2D eigenvalue weighted by Gasteiger charge is -2.06. The van der Waals surface area contributed by atoms with Crippen LogP contribution in [0.1, 0.15) is 6.92 Å². The van der Waals surface area contributed by atoms with Crippen LogP contribution in [-0.2, 0) is 0 Å². The number of thiocarbonyl (C=S) groups is 1. The van der Waals surface area contributed by atoms with Crippen molar-refractivity contribution >= 4 is 23.0 Å². The van der Waals surface area contributed by atoms with E-state index in [0.717, 1.165) is 5.69 Å². The first kappa shape index (κ1) is 10.7. The molecule has 1 heterocycles. The molecule has 0 saturated heterocycles. The number of hydrogen-bond donors (Lipinski definition) is 3. The summed E-state index contributed by atoms with van der Waals surface area (Å²) in [6, 6.07) is 3.56. The van der Waals surface area contributed by atoms with Crippen molar-refractivity contribution in [2.24, 2.45) is 5.84 Å². The van der Waals surface area contributed by atoms with E-state index in [4.69, 9.17) is 22.8 Å². The van der Waals surface area contributed by atoms with Crippen LogP contribution in [0.4, 0.5) is 5.69 Å². The maximum Gasteiger partial charge on any atom is 0.213 e. The van der Waals surface area contributed by atoms with E-state index in [1.54, 1.807) is 12.3 Å². The summed E-state index contributed by atoms with van der Waals surface area (Å²) in [5, 5.41) is 3.18. The van der Waals surface area contributed by atoms with E-state index < -0.39 is 0 Å². The van der Waals surface area contributed by atoms with Crippen molar-refractivity contribution < 1.29 is 4.74 Å². The van der Waals surface area contributed by atoms with Gasteiger partial charge in [-0.15, -0.1) is 0 Å². The SMILES string of the molecule is CCOc1ccc(NC(=S)NN)cn1. The zero-order chi connectivity index (χ0) is 10.4. The minimum atomic E-state index is 0.343. The highest BCUT2D eigenvalue weighted by atomic mass is 32.1. The Balaban J connectivity index is 2.59. The molecule has 0 aliphatic carbocycles. The second kappa shape index (κ2) is 5.36. The van der Waals surface area contributed by atoms with E-state index >= 15 is 0 Å². The standard InChI is InChI=1S/C8H12N4OS/c1-2-13-7-4-3-6(5-10-7)11-8(14)12-9/h3-5H,2,9H2,1H3,(H2,11,12,14). The molecule has 6 heteroatoms. The molecule has 14 heavy (non-hydrogen) atoms. The lowest BCUT2D eigenvalue weighted by molar-refractivity contribution is 0.327. The predicted molar refractivity (Wildman–Crippen MR) is 58.9 cm³/mol. The fraction of sp³-hybridized carbons (Fsp3) is 0.250. The minimum Gasteiger partial charge on any atom is -0.478 e. The van der Waals surface area contributed by atoms with Gasteiger partial charge in [-0.25, -0.2) is 10.8 Å². The van der Waals surface area contributed by atoms with Gasteiger partial charge in [0.2, 0.25) is 5.88 Å². The monoisotopic (exact) mass is 212 g/mol. The Morgan fingerprint density at radius 1 is 1.64 bits per heavy atom. The molecule has 0 radical (unpaired) electrons. The van der Waals surface area contributed by atoms with Gasteiger partial charge in [-0.05, 0) is 25.2 Å². The Kier molecular flexibility index (Phi) is 4.09. The molecule has 1 rings (SSSR count). The Labute approximate surface area is 87.6 Å². The third kappa shape index (κ3) is 3.15. The lowest BCUT2D eigenvalue weighted by Crippen LogP contribution is -2.34. The van der Waals surface area contributed by atoms with E-state index in [9.17, 15) is 0 Å². The summed E-state index contributed by atoms with van der Waals surface area (Å²) in [5.74, 6) is 5.69. The number of hydrogen-bond acceptors (Lipinski definition) is 4. The molecule has 0 spiro atoms. The van der Waals surface area contributed by atoms with E-state index in [-0.39, 0.29) is 0 Å². The molecule has 76 valence electrons. The Morgan fingerprint density at radius 2 is 2.43 bits per heavy atom. The largest absolute Gasteiger partial charge is 0.478 e. The molecule has 0 aliphatic heterocycles. The van der Waals surface area contributed by atoms with Gasteiger partial charge in [-0.1, -0.05) is 0 Å². The normalized spacial score (nSPS) is 9.29. The number of rotatable bonds is 3. The number of pyridine rings is 1. The third-order valence-corrected chi connectivity index (χ3v) is 1.64. The molecule has 0 atom stereocenters. The van der Waals surface area contributed by atoms with Crippen LogP contribution in [0.2, 0.25) is 0 Å². The van der Waals surface area contributed by atoms with Gasteiger partial charge < -0.3 is 15.5 Å². The average Bonchev–Trinajstić information content (AvgIpc) is 2.21. The fourth-order valence-electron chi connectivity index (χ4n) is 0.855. The second-order valence-corrected chi connectivity index (χ2v) is 2.82. The van der Waals surface area contributed by atoms with Gasteiger partial charge in [0.05, 0.1) is 18.5 Å².